The zero-order chi connectivity index (χ0) is 9.31. The molecule has 0 aromatic carbocycles. The van der Waals surface area contributed by atoms with Gasteiger partial charge >= 0.3 is 0 Å². The zero-order valence-corrected chi connectivity index (χ0v) is 8.43. The van der Waals surface area contributed by atoms with Gasteiger partial charge in [-0.15, -0.1) is 11.6 Å². The smallest absolute Gasteiger partial charge is 0.185 e. The van der Waals surface area contributed by atoms with Crippen LogP contribution in [-0.4, -0.2) is 30.4 Å². The Morgan fingerprint density at radius 1 is 1.46 bits per heavy atom. The second kappa shape index (κ2) is 3.73. The van der Waals surface area contributed by atoms with E-state index >= 15 is 0 Å². The molecule has 0 radical (unpaired) electrons. The first-order valence-electron chi connectivity index (χ1n) is 4.93. The average Bonchev–Trinajstić information content (AvgIpc) is 2.56. The molecule has 1 spiro atoms. The van der Waals surface area contributed by atoms with Crippen LogP contribution < -0.4 is 5.73 Å². The number of hydrogen-bond acceptors (Lipinski definition) is 3. The molecule has 1 aliphatic carbocycles. The summed E-state index contributed by atoms with van der Waals surface area (Å²) < 4.78 is 11.4. The SMILES string of the molecule is NCC1COC2(CCCCC2Cl)O1. The monoisotopic (exact) mass is 205 g/mol. The summed E-state index contributed by atoms with van der Waals surface area (Å²) >= 11 is 6.21. The fourth-order valence-corrected chi connectivity index (χ4v) is 2.44. The van der Waals surface area contributed by atoms with Gasteiger partial charge in [-0.1, -0.05) is 6.42 Å². The van der Waals surface area contributed by atoms with Gasteiger partial charge in [-0.2, -0.15) is 0 Å². The number of ether oxygens (including phenoxy) is 2. The molecule has 1 saturated heterocycles. The predicted molar refractivity (Wildman–Crippen MR) is 50.7 cm³/mol. The topological polar surface area (TPSA) is 44.5 Å². The maximum absolute atomic E-state index is 6.21. The first-order valence-corrected chi connectivity index (χ1v) is 5.36. The summed E-state index contributed by atoms with van der Waals surface area (Å²) in [5, 5.41) is -0.00204. The van der Waals surface area contributed by atoms with Crippen LogP contribution in [0.4, 0.5) is 0 Å². The minimum absolute atomic E-state index is 0.00204. The summed E-state index contributed by atoms with van der Waals surface area (Å²) in [6.45, 7) is 1.12. The highest BCUT2D eigenvalue weighted by Gasteiger charge is 2.47. The second-order valence-electron chi connectivity index (χ2n) is 3.81. The fraction of sp³-hybridized carbons (Fsp3) is 1.00. The Labute approximate surface area is 83.5 Å². The summed E-state index contributed by atoms with van der Waals surface area (Å²) in [6.07, 6.45) is 4.26. The van der Waals surface area contributed by atoms with Crippen molar-refractivity contribution in [3.63, 3.8) is 0 Å². The normalized spacial score (nSPS) is 45.7. The van der Waals surface area contributed by atoms with Crippen LogP contribution in [0.15, 0.2) is 0 Å². The highest BCUT2D eigenvalue weighted by molar-refractivity contribution is 6.21. The van der Waals surface area contributed by atoms with Gasteiger partial charge in [-0.25, -0.2) is 0 Å². The Kier molecular flexibility index (Phi) is 2.79. The molecule has 13 heavy (non-hydrogen) atoms. The molecule has 2 rings (SSSR count). The van der Waals surface area contributed by atoms with Crippen molar-refractivity contribution in [1.82, 2.24) is 0 Å². The van der Waals surface area contributed by atoms with E-state index in [1.807, 2.05) is 0 Å². The molecule has 2 aliphatic rings. The van der Waals surface area contributed by atoms with Crippen molar-refractivity contribution in [2.75, 3.05) is 13.2 Å². The number of rotatable bonds is 1. The molecule has 2 fully saturated rings. The van der Waals surface area contributed by atoms with Crippen molar-refractivity contribution in [2.45, 2.75) is 43.0 Å². The van der Waals surface area contributed by atoms with Crippen molar-refractivity contribution in [3.8, 4) is 0 Å². The lowest BCUT2D eigenvalue weighted by atomic mass is 9.94. The van der Waals surface area contributed by atoms with Crippen molar-refractivity contribution in [1.29, 1.82) is 0 Å². The Balaban J connectivity index is 2.03. The Bertz CT molecular complexity index is 190. The summed E-state index contributed by atoms with van der Waals surface area (Å²) in [7, 11) is 0. The third-order valence-corrected chi connectivity index (χ3v) is 3.40. The van der Waals surface area contributed by atoms with Gasteiger partial charge in [0.05, 0.1) is 18.1 Å². The van der Waals surface area contributed by atoms with E-state index in [-0.39, 0.29) is 11.5 Å². The molecule has 4 heteroatoms. The lowest BCUT2D eigenvalue weighted by molar-refractivity contribution is -0.182. The Hall–Kier alpha value is 0.170. The van der Waals surface area contributed by atoms with Crippen LogP contribution in [0.3, 0.4) is 0 Å². The van der Waals surface area contributed by atoms with Crippen LogP contribution in [0, 0.1) is 0 Å². The van der Waals surface area contributed by atoms with E-state index < -0.39 is 5.79 Å². The van der Waals surface area contributed by atoms with Gasteiger partial charge in [0.15, 0.2) is 5.79 Å². The molecule has 0 aromatic heterocycles. The third kappa shape index (κ3) is 1.71. The highest BCUT2D eigenvalue weighted by atomic mass is 35.5. The standard InChI is InChI=1S/C9H16ClNO2/c10-8-3-1-2-4-9(8)12-6-7(5-11)13-9/h7-8H,1-6,11H2. The van der Waals surface area contributed by atoms with E-state index in [1.54, 1.807) is 0 Å². The van der Waals surface area contributed by atoms with Crippen LogP contribution >= 0.6 is 11.6 Å². The molecule has 0 bridgehead atoms. The van der Waals surface area contributed by atoms with Gasteiger partial charge in [0.25, 0.3) is 0 Å². The highest BCUT2D eigenvalue weighted by Crippen LogP contribution is 2.40. The van der Waals surface area contributed by atoms with Crippen LogP contribution in [0.1, 0.15) is 25.7 Å². The maximum atomic E-state index is 6.21. The Morgan fingerprint density at radius 3 is 2.92 bits per heavy atom. The average molecular weight is 206 g/mol. The van der Waals surface area contributed by atoms with Crippen LogP contribution in [0.2, 0.25) is 0 Å². The number of halogens is 1. The minimum Gasteiger partial charge on any atom is -0.346 e. The van der Waals surface area contributed by atoms with Crippen molar-refractivity contribution < 1.29 is 9.47 Å². The largest absolute Gasteiger partial charge is 0.346 e. The second-order valence-corrected chi connectivity index (χ2v) is 4.34. The molecule has 1 heterocycles. The molecule has 1 saturated carbocycles. The summed E-state index contributed by atoms with van der Waals surface area (Å²) in [5.74, 6) is -0.510. The van der Waals surface area contributed by atoms with Crippen LogP contribution in [-0.2, 0) is 9.47 Å². The zero-order valence-electron chi connectivity index (χ0n) is 7.67. The van der Waals surface area contributed by atoms with Gasteiger partial charge in [-0.3, -0.25) is 0 Å². The van der Waals surface area contributed by atoms with Crippen molar-refractivity contribution in [2.24, 2.45) is 5.73 Å². The molecule has 0 amide bonds. The predicted octanol–water partition coefficient (Wildman–Crippen LogP) is 1.24. The van der Waals surface area contributed by atoms with Gasteiger partial charge in [0, 0.05) is 13.0 Å². The molecular weight excluding hydrogens is 190 g/mol. The number of alkyl halides is 1. The van der Waals surface area contributed by atoms with E-state index in [0.29, 0.717) is 13.2 Å². The fourth-order valence-electron chi connectivity index (χ4n) is 2.07. The van der Waals surface area contributed by atoms with E-state index in [1.165, 1.54) is 6.42 Å². The molecule has 3 nitrogen and oxygen atoms in total. The molecule has 2 N–H and O–H groups in total. The first-order chi connectivity index (χ1) is 6.27. The maximum Gasteiger partial charge on any atom is 0.185 e. The van der Waals surface area contributed by atoms with E-state index in [9.17, 15) is 0 Å². The van der Waals surface area contributed by atoms with E-state index in [0.717, 1.165) is 19.3 Å². The lowest BCUT2D eigenvalue weighted by Crippen LogP contribution is -2.43. The molecule has 3 atom stereocenters. The number of nitrogens with two attached hydrogens (primary N) is 1. The lowest BCUT2D eigenvalue weighted by Gasteiger charge is -2.36. The quantitative estimate of drug-likeness (QED) is 0.656. The van der Waals surface area contributed by atoms with Crippen LogP contribution in [0.25, 0.3) is 0 Å². The van der Waals surface area contributed by atoms with E-state index in [2.05, 4.69) is 0 Å². The van der Waals surface area contributed by atoms with Gasteiger partial charge in [0.1, 0.15) is 0 Å². The van der Waals surface area contributed by atoms with Crippen molar-refractivity contribution in [3.05, 3.63) is 0 Å². The molecule has 1 aliphatic heterocycles. The van der Waals surface area contributed by atoms with Crippen LogP contribution in [0.5, 0.6) is 0 Å². The first kappa shape index (κ1) is 9.71. The minimum atomic E-state index is -0.510. The third-order valence-electron chi connectivity index (χ3n) is 2.85. The van der Waals surface area contributed by atoms with Gasteiger partial charge in [-0.05, 0) is 12.8 Å². The van der Waals surface area contributed by atoms with E-state index in [4.69, 9.17) is 26.8 Å². The Morgan fingerprint density at radius 2 is 2.31 bits per heavy atom. The summed E-state index contributed by atoms with van der Waals surface area (Å²) in [4.78, 5) is 0. The van der Waals surface area contributed by atoms with Gasteiger partial charge in [0.2, 0.25) is 0 Å². The molecule has 3 unspecified atom stereocenters. The molecule has 76 valence electrons. The molecule has 0 aromatic rings. The van der Waals surface area contributed by atoms with Crippen molar-refractivity contribution >= 4 is 11.6 Å². The number of hydrogen-bond donors (Lipinski definition) is 1. The molecular formula is C9H16ClNO2. The summed E-state index contributed by atoms with van der Waals surface area (Å²) in [6, 6.07) is 0. The van der Waals surface area contributed by atoms with Gasteiger partial charge < -0.3 is 15.2 Å². The summed E-state index contributed by atoms with van der Waals surface area (Å²) in [5.41, 5.74) is 5.52.